The molecule has 2 aromatic rings. The molecular weight excluding hydrogens is 476 g/mol. The average Bonchev–Trinajstić information content (AvgIpc) is 2.63. The van der Waals surface area contributed by atoms with Gasteiger partial charge in [0.25, 0.3) is 5.91 Å². The summed E-state index contributed by atoms with van der Waals surface area (Å²) in [6.07, 6.45) is 1.50. The molecule has 1 N–H and O–H groups in total. The monoisotopic (exact) mass is 492 g/mol. The van der Waals surface area contributed by atoms with Gasteiger partial charge in [-0.15, -0.1) is 0 Å². The Morgan fingerprint density at radius 2 is 1.85 bits per heavy atom. The Labute approximate surface area is 175 Å². The first-order valence-corrected chi connectivity index (χ1v) is 9.84. The largest absolute Gasteiger partial charge is 0.493 e. The highest BCUT2D eigenvalue weighted by Gasteiger charge is 2.14. The summed E-state index contributed by atoms with van der Waals surface area (Å²) in [5.41, 5.74) is 1.16. The zero-order valence-electron chi connectivity index (χ0n) is 14.9. The molecule has 27 heavy (non-hydrogen) atoms. The first kappa shape index (κ1) is 21.0. The minimum absolute atomic E-state index is 0.0352. The highest BCUT2D eigenvalue weighted by atomic mass is 79.9. The molecule has 7 heteroatoms. The van der Waals surface area contributed by atoms with Crippen molar-refractivity contribution in [1.29, 1.82) is 5.26 Å². The number of hydrogen-bond donors (Lipinski definition) is 1. The number of anilines is 1. The molecule has 0 aliphatic rings. The molecule has 0 saturated heterocycles. The summed E-state index contributed by atoms with van der Waals surface area (Å²) in [7, 11) is 0. The van der Waals surface area contributed by atoms with E-state index in [2.05, 4.69) is 37.2 Å². The summed E-state index contributed by atoms with van der Waals surface area (Å²) < 4.78 is 12.7. The topological polar surface area (TPSA) is 71.3 Å². The van der Waals surface area contributed by atoms with Crippen LogP contribution in [0.5, 0.6) is 11.5 Å². The Morgan fingerprint density at radius 3 is 2.48 bits per heavy atom. The molecular formula is C20H18Br2N2O3. The van der Waals surface area contributed by atoms with Crippen molar-refractivity contribution in [2.24, 2.45) is 0 Å². The molecule has 0 aliphatic carbocycles. The van der Waals surface area contributed by atoms with Gasteiger partial charge in [0.05, 0.1) is 17.7 Å². The fourth-order valence-electron chi connectivity index (χ4n) is 2.28. The Hall–Kier alpha value is -2.30. The third kappa shape index (κ3) is 5.84. The fourth-order valence-corrected chi connectivity index (χ4v) is 3.15. The van der Waals surface area contributed by atoms with E-state index in [9.17, 15) is 10.1 Å². The third-order valence-electron chi connectivity index (χ3n) is 3.41. The van der Waals surface area contributed by atoms with Crippen molar-refractivity contribution in [1.82, 2.24) is 0 Å². The average molecular weight is 494 g/mol. The van der Waals surface area contributed by atoms with Crippen LogP contribution >= 0.6 is 31.9 Å². The highest BCUT2D eigenvalue weighted by Crippen LogP contribution is 2.34. The second-order valence-corrected chi connectivity index (χ2v) is 7.09. The van der Waals surface area contributed by atoms with E-state index in [1.165, 1.54) is 6.08 Å². The van der Waals surface area contributed by atoms with Gasteiger partial charge >= 0.3 is 0 Å². The van der Waals surface area contributed by atoms with Crippen LogP contribution in [0.1, 0.15) is 19.4 Å². The van der Waals surface area contributed by atoms with Crippen molar-refractivity contribution in [3.05, 3.63) is 56.5 Å². The van der Waals surface area contributed by atoms with E-state index >= 15 is 0 Å². The molecule has 0 aliphatic heterocycles. The summed E-state index contributed by atoms with van der Waals surface area (Å²) in [4.78, 5) is 12.5. The normalized spacial score (nSPS) is 10.9. The smallest absolute Gasteiger partial charge is 0.266 e. The highest BCUT2D eigenvalue weighted by molar-refractivity contribution is 9.10. The Balaban J connectivity index is 2.36. The lowest BCUT2D eigenvalue weighted by Crippen LogP contribution is -2.13. The maximum Gasteiger partial charge on any atom is 0.266 e. The lowest BCUT2D eigenvalue weighted by Gasteiger charge is -2.13. The van der Waals surface area contributed by atoms with Crippen LogP contribution in [0.3, 0.4) is 0 Å². The molecule has 0 radical (unpaired) electrons. The second-order valence-electron chi connectivity index (χ2n) is 5.32. The summed E-state index contributed by atoms with van der Waals surface area (Å²) in [6, 6.07) is 12.6. The van der Waals surface area contributed by atoms with Crippen LogP contribution in [0.25, 0.3) is 6.08 Å². The number of halogens is 2. The summed E-state index contributed by atoms with van der Waals surface area (Å²) in [5, 5.41) is 12.2. The maximum atomic E-state index is 12.5. The van der Waals surface area contributed by atoms with Crippen molar-refractivity contribution >= 4 is 49.5 Å². The zero-order valence-corrected chi connectivity index (χ0v) is 18.1. The molecule has 0 fully saturated rings. The van der Waals surface area contributed by atoms with Crippen LogP contribution in [-0.4, -0.2) is 19.1 Å². The Kier molecular flexibility index (Phi) is 7.89. The predicted molar refractivity (Wildman–Crippen MR) is 113 cm³/mol. The minimum atomic E-state index is -0.497. The van der Waals surface area contributed by atoms with E-state index in [0.29, 0.717) is 40.4 Å². The minimum Gasteiger partial charge on any atom is -0.493 e. The van der Waals surface area contributed by atoms with Gasteiger partial charge in [-0.2, -0.15) is 5.26 Å². The standard InChI is InChI=1S/C20H18Br2N2O3/c1-3-26-18-11-19(27-4-2)17(22)9-13(18)8-14(12-23)20(25)24-16-7-5-6-15(21)10-16/h5-11H,3-4H2,1-2H3,(H,24,25)/b14-8-. The fraction of sp³-hybridized carbons (Fsp3) is 0.200. The maximum absolute atomic E-state index is 12.5. The predicted octanol–water partition coefficient (Wildman–Crippen LogP) is 5.55. The summed E-state index contributed by atoms with van der Waals surface area (Å²) in [5.74, 6) is 0.672. The number of ether oxygens (including phenoxy) is 2. The van der Waals surface area contributed by atoms with Crippen LogP contribution in [0, 0.1) is 11.3 Å². The van der Waals surface area contributed by atoms with Crippen LogP contribution < -0.4 is 14.8 Å². The van der Waals surface area contributed by atoms with E-state index in [4.69, 9.17) is 9.47 Å². The number of nitrogens with zero attached hydrogens (tertiary/aromatic N) is 1. The van der Waals surface area contributed by atoms with Gasteiger partial charge in [0.2, 0.25) is 0 Å². The van der Waals surface area contributed by atoms with E-state index < -0.39 is 5.91 Å². The number of nitriles is 1. The molecule has 140 valence electrons. The van der Waals surface area contributed by atoms with Gasteiger partial charge in [0.1, 0.15) is 23.1 Å². The second kappa shape index (κ2) is 10.1. The Bertz CT molecular complexity index is 905. The SMILES string of the molecule is CCOc1cc(OCC)c(/C=C(/C#N)C(=O)Nc2cccc(Br)c2)cc1Br. The van der Waals surface area contributed by atoms with Crippen LogP contribution in [0.4, 0.5) is 5.69 Å². The summed E-state index contributed by atoms with van der Waals surface area (Å²) >= 11 is 6.80. The van der Waals surface area contributed by atoms with Crippen LogP contribution in [0.15, 0.2) is 50.9 Å². The number of carbonyl (C=O) groups is 1. The van der Waals surface area contributed by atoms with Gasteiger partial charge in [0.15, 0.2) is 0 Å². The molecule has 2 rings (SSSR count). The molecule has 0 spiro atoms. The zero-order chi connectivity index (χ0) is 19.8. The molecule has 0 unspecified atom stereocenters. The van der Waals surface area contributed by atoms with Crippen molar-refractivity contribution < 1.29 is 14.3 Å². The molecule has 0 aromatic heterocycles. The lowest BCUT2D eigenvalue weighted by molar-refractivity contribution is -0.112. The Morgan fingerprint density at radius 1 is 1.15 bits per heavy atom. The molecule has 2 aromatic carbocycles. The van der Waals surface area contributed by atoms with Crippen LogP contribution in [-0.2, 0) is 4.79 Å². The van der Waals surface area contributed by atoms with Gasteiger partial charge in [-0.05, 0) is 60.1 Å². The van der Waals surface area contributed by atoms with Gasteiger partial charge in [-0.25, -0.2) is 0 Å². The number of nitrogens with one attached hydrogen (secondary N) is 1. The van der Waals surface area contributed by atoms with Crippen molar-refractivity contribution in [3.8, 4) is 17.6 Å². The number of benzene rings is 2. The van der Waals surface area contributed by atoms with Gasteiger partial charge in [-0.1, -0.05) is 22.0 Å². The molecule has 0 heterocycles. The van der Waals surface area contributed by atoms with Gasteiger partial charge in [-0.3, -0.25) is 4.79 Å². The molecule has 0 bridgehead atoms. The number of hydrogen-bond acceptors (Lipinski definition) is 4. The number of amides is 1. The molecule has 5 nitrogen and oxygen atoms in total. The molecule has 0 atom stereocenters. The lowest BCUT2D eigenvalue weighted by atomic mass is 10.1. The van der Waals surface area contributed by atoms with E-state index in [0.717, 1.165) is 4.47 Å². The molecule has 0 saturated carbocycles. The third-order valence-corrected chi connectivity index (χ3v) is 4.52. The van der Waals surface area contributed by atoms with Crippen molar-refractivity contribution in [2.45, 2.75) is 13.8 Å². The van der Waals surface area contributed by atoms with E-state index in [1.54, 1.807) is 30.3 Å². The van der Waals surface area contributed by atoms with E-state index in [1.807, 2.05) is 26.0 Å². The van der Waals surface area contributed by atoms with Gasteiger partial charge < -0.3 is 14.8 Å². The summed E-state index contributed by atoms with van der Waals surface area (Å²) in [6.45, 7) is 4.71. The van der Waals surface area contributed by atoms with Crippen molar-refractivity contribution in [3.63, 3.8) is 0 Å². The number of rotatable bonds is 7. The van der Waals surface area contributed by atoms with Crippen molar-refractivity contribution in [2.75, 3.05) is 18.5 Å². The van der Waals surface area contributed by atoms with E-state index in [-0.39, 0.29) is 5.57 Å². The first-order valence-electron chi connectivity index (χ1n) is 8.26. The quantitative estimate of drug-likeness (QED) is 0.405. The van der Waals surface area contributed by atoms with Crippen LogP contribution in [0.2, 0.25) is 0 Å². The first-order chi connectivity index (χ1) is 13.0. The number of carbonyl (C=O) groups excluding carboxylic acids is 1. The van der Waals surface area contributed by atoms with Gasteiger partial charge in [0, 0.05) is 21.8 Å². The molecule has 1 amide bonds.